The van der Waals surface area contributed by atoms with Crippen LogP contribution in [0.15, 0.2) is 36.5 Å². The summed E-state index contributed by atoms with van der Waals surface area (Å²) < 4.78 is 0. The molecule has 0 saturated carbocycles. The molecule has 3 amide bonds. The largest absolute Gasteiger partial charge is 0.357 e. The highest BCUT2D eigenvalue weighted by Crippen LogP contribution is 2.22. The molecular formula is C19H19N5O3. The number of anilines is 1. The first kappa shape index (κ1) is 17.1. The Morgan fingerprint density at radius 3 is 2.37 bits per heavy atom. The van der Waals surface area contributed by atoms with E-state index in [4.69, 9.17) is 0 Å². The molecule has 1 aromatic carbocycles. The van der Waals surface area contributed by atoms with Crippen LogP contribution >= 0.6 is 0 Å². The molecule has 0 atom stereocenters. The van der Waals surface area contributed by atoms with Gasteiger partial charge in [-0.25, -0.2) is 9.97 Å². The van der Waals surface area contributed by atoms with E-state index < -0.39 is 17.7 Å². The van der Waals surface area contributed by atoms with Crippen molar-refractivity contribution in [2.75, 3.05) is 24.5 Å². The lowest BCUT2D eigenvalue weighted by molar-refractivity contribution is -0.121. The van der Waals surface area contributed by atoms with Crippen molar-refractivity contribution in [3.05, 3.63) is 53.5 Å². The van der Waals surface area contributed by atoms with Crippen LogP contribution in [0.5, 0.6) is 0 Å². The summed E-state index contributed by atoms with van der Waals surface area (Å²) in [5.41, 5.74) is 0.661. The molecule has 1 saturated heterocycles. The van der Waals surface area contributed by atoms with Gasteiger partial charge < -0.3 is 10.2 Å². The monoisotopic (exact) mass is 365 g/mol. The first-order valence-electron chi connectivity index (χ1n) is 8.92. The number of rotatable bonds is 5. The van der Waals surface area contributed by atoms with Crippen LogP contribution in [-0.2, 0) is 11.3 Å². The Morgan fingerprint density at radius 2 is 1.70 bits per heavy atom. The van der Waals surface area contributed by atoms with E-state index in [1.807, 2.05) is 6.07 Å². The second-order valence-corrected chi connectivity index (χ2v) is 6.54. The summed E-state index contributed by atoms with van der Waals surface area (Å²) in [6.07, 6.45) is 3.97. The Hall–Kier alpha value is -3.29. The van der Waals surface area contributed by atoms with E-state index >= 15 is 0 Å². The lowest BCUT2D eigenvalue weighted by Gasteiger charge is -2.17. The fourth-order valence-corrected chi connectivity index (χ4v) is 3.36. The van der Waals surface area contributed by atoms with E-state index in [1.165, 1.54) is 0 Å². The number of fused-ring (bicyclic) bond motifs is 1. The maximum absolute atomic E-state index is 12.3. The van der Waals surface area contributed by atoms with E-state index in [0.29, 0.717) is 17.0 Å². The van der Waals surface area contributed by atoms with Crippen molar-refractivity contribution < 1.29 is 14.4 Å². The zero-order valence-corrected chi connectivity index (χ0v) is 14.7. The minimum absolute atomic E-state index is 0.143. The van der Waals surface area contributed by atoms with Gasteiger partial charge in [0, 0.05) is 19.3 Å². The Bertz CT molecular complexity index is 873. The first-order chi connectivity index (χ1) is 13.1. The number of hydrogen-bond donors (Lipinski definition) is 1. The van der Waals surface area contributed by atoms with Crippen LogP contribution in [0, 0.1) is 0 Å². The molecule has 138 valence electrons. The van der Waals surface area contributed by atoms with Crippen molar-refractivity contribution in [3.63, 3.8) is 0 Å². The minimum Gasteiger partial charge on any atom is -0.357 e. The predicted molar refractivity (Wildman–Crippen MR) is 97.1 cm³/mol. The zero-order chi connectivity index (χ0) is 18.8. The summed E-state index contributed by atoms with van der Waals surface area (Å²) in [6.45, 7) is 1.77. The van der Waals surface area contributed by atoms with Crippen LogP contribution in [-0.4, -0.2) is 52.2 Å². The van der Waals surface area contributed by atoms with Crippen molar-refractivity contribution in [1.82, 2.24) is 20.2 Å². The number of carbonyl (C=O) groups is 3. The van der Waals surface area contributed by atoms with Gasteiger partial charge in [0.1, 0.15) is 18.2 Å². The summed E-state index contributed by atoms with van der Waals surface area (Å²) in [6, 6.07) is 8.42. The van der Waals surface area contributed by atoms with Gasteiger partial charge in [0.15, 0.2) is 0 Å². The van der Waals surface area contributed by atoms with Crippen LogP contribution in [0.1, 0.15) is 39.4 Å². The fourth-order valence-electron chi connectivity index (χ4n) is 3.36. The van der Waals surface area contributed by atoms with Crippen LogP contribution in [0.25, 0.3) is 0 Å². The number of carbonyl (C=O) groups excluding carboxylic acids is 3. The van der Waals surface area contributed by atoms with Gasteiger partial charge in [-0.3, -0.25) is 19.3 Å². The highest BCUT2D eigenvalue weighted by molar-refractivity contribution is 6.22. The maximum Gasteiger partial charge on any atom is 0.262 e. The molecule has 0 aliphatic carbocycles. The molecule has 0 spiro atoms. The molecule has 0 unspecified atom stereocenters. The molecule has 4 rings (SSSR count). The number of benzene rings is 1. The molecule has 8 nitrogen and oxygen atoms in total. The molecule has 2 aromatic rings. The van der Waals surface area contributed by atoms with E-state index in [-0.39, 0.29) is 13.1 Å². The van der Waals surface area contributed by atoms with E-state index in [2.05, 4.69) is 20.2 Å². The highest BCUT2D eigenvalue weighted by Gasteiger charge is 2.36. The average Bonchev–Trinajstić information content (AvgIpc) is 3.31. The quantitative estimate of drug-likeness (QED) is 0.794. The number of imide groups is 1. The Labute approximate surface area is 156 Å². The molecule has 0 radical (unpaired) electrons. The van der Waals surface area contributed by atoms with E-state index in [9.17, 15) is 14.4 Å². The number of nitrogens with zero attached hydrogens (tertiary/aromatic N) is 4. The van der Waals surface area contributed by atoms with Crippen molar-refractivity contribution in [2.24, 2.45) is 0 Å². The molecule has 1 N–H and O–H groups in total. The molecular weight excluding hydrogens is 346 g/mol. The van der Waals surface area contributed by atoms with Gasteiger partial charge in [-0.1, -0.05) is 12.1 Å². The fraction of sp³-hybridized carbons (Fsp3) is 0.316. The van der Waals surface area contributed by atoms with Gasteiger partial charge in [-0.05, 0) is 31.0 Å². The third-order valence-electron chi connectivity index (χ3n) is 4.74. The molecule has 27 heavy (non-hydrogen) atoms. The number of nitrogens with one attached hydrogen (secondary N) is 1. The molecule has 2 aliphatic heterocycles. The van der Waals surface area contributed by atoms with Crippen LogP contribution < -0.4 is 10.2 Å². The standard InChI is InChI=1S/C19H19N5O3/c25-17(12-24-18(26)13-5-1-2-6-14(13)19(24)27)21-11-15-20-8-7-16(22-15)23-9-3-4-10-23/h1-2,5-8H,3-4,9-12H2,(H,21,25). The lowest BCUT2D eigenvalue weighted by atomic mass is 10.1. The molecule has 2 aliphatic rings. The summed E-state index contributed by atoms with van der Waals surface area (Å²) in [7, 11) is 0. The molecule has 1 fully saturated rings. The van der Waals surface area contributed by atoms with Crippen molar-refractivity contribution in [2.45, 2.75) is 19.4 Å². The molecule has 3 heterocycles. The Kier molecular flexibility index (Phi) is 4.53. The number of aromatic nitrogens is 2. The first-order valence-corrected chi connectivity index (χ1v) is 8.92. The maximum atomic E-state index is 12.3. The topological polar surface area (TPSA) is 95.5 Å². The Balaban J connectivity index is 1.36. The zero-order valence-electron chi connectivity index (χ0n) is 14.7. The van der Waals surface area contributed by atoms with Gasteiger partial charge in [0.25, 0.3) is 11.8 Å². The van der Waals surface area contributed by atoms with Gasteiger partial charge in [0.05, 0.1) is 17.7 Å². The van der Waals surface area contributed by atoms with Crippen LogP contribution in [0.2, 0.25) is 0 Å². The smallest absolute Gasteiger partial charge is 0.262 e. The van der Waals surface area contributed by atoms with Gasteiger partial charge in [-0.2, -0.15) is 0 Å². The normalized spacial score (nSPS) is 16.0. The summed E-state index contributed by atoms with van der Waals surface area (Å²) in [5.74, 6) is 0.0259. The summed E-state index contributed by atoms with van der Waals surface area (Å²) in [5, 5.41) is 2.68. The minimum atomic E-state index is -0.446. The second-order valence-electron chi connectivity index (χ2n) is 6.54. The third-order valence-corrected chi connectivity index (χ3v) is 4.74. The van der Waals surface area contributed by atoms with Gasteiger partial charge in [0.2, 0.25) is 5.91 Å². The predicted octanol–water partition coefficient (Wildman–Crippen LogP) is 0.989. The molecule has 1 aromatic heterocycles. The number of hydrogen-bond acceptors (Lipinski definition) is 6. The number of amides is 3. The van der Waals surface area contributed by atoms with Gasteiger partial charge >= 0.3 is 0 Å². The molecule has 8 heteroatoms. The molecule has 0 bridgehead atoms. The Morgan fingerprint density at radius 1 is 1.04 bits per heavy atom. The average molecular weight is 365 g/mol. The summed E-state index contributed by atoms with van der Waals surface area (Å²) in [4.78, 5) is 48.6. The third kappa shape index (κ3) is 3.38. The highest BCUT2D eigenvalue weighted by atomic mass is 16.2. The van der Waals surface area contributed by atoms with Crippen LogP contribution in [0.4, 0.5) is 5.82 Å². The van der Waals surface area contributed by atoms with E-state index in [1.54, 1.807) is 30.5 Å². The van der Waals surface area contributed by atoms with Crippen molar-refractivity contribution in [1.29, 1.82) is 0 Å². The lowest BCUT2D eigenvalue weighted by Crippen LogP contribution is -2.40. The second kappa shape index (κ2) is 7.14. The summed E-state index contributed by atoms with van der Waals surface area (Å²) >= 11 is 0. The SMILES string of the molecule is O=C(CN1C(=O)c2ccccc2C1=O)NCc1nccc(N2CCCC2)n1. The van der Waals surface area contributed by atoms with Crippen molar-refractivity contribution >= 4 is 23.5 Å². The van der Waals surface area contributed by atoms with E-state index in [0.717, 1.165) is 36.6 Å². The van der Waals surface area contributed by atoms with Crippen molar-refractivity contribution in [3.8, 4) is 0 Å². The van der Waals surface area contributed by atoms with Gasteiger partial charge in [-0.15, -0.1) is 0 Å². The van der Waals surface area contributed by atoms with Crippen LogP contribution in [0.3, 0.4) is 0 Å².